The van der Waals surface area contributed by atoms with E-state index in [1.165, 1.54) is 0 Å². The fraction of sp³-hybridized carbons (Fsp3) is 0.912. The van der Waals surface area contributed by atoms with E-state index >= 15 is 0 Å². The Bertz CT molecular complexity index is 748. The summed E-state index contributed by atoms with van der Waals surface area (Å²) >= 11 is 0. The molecule has 0 saturated heterocycles. The van der Waals surface area contributed by atoms with Crippen molar-refractivity contribution < 1.29 is 59.2 Å². The Morgan fingerprint density at radius 2 is 0.848 bits per heavy atom. The van der Waals surface area contributed by atoms with Crippen molar-refractivity contribution in [2.24, 2.45) is 0 Å². The number of hydrogen-bond acceptors (Lipinski definition) is 12. The van der Waals surface area contributed by atoms with E-state index in [4.69, 9.17) is 24.4 Å². The van der Waals surface area contributed by atoms with Crippen molar-refractivity contribution in [3.05, 3.63) is 0 Å². The molecule has 0 radical (unpaired) electrons. The molecule has 0 aliphatic rings. The van der Waals surface area contributed by atoms with Crippen LogP contribution >= 0.6 is 0 Å². The van der Waals surface area contributed by atoms with Crippen LogP contribution in [0.1, 0.15) is 142 Å². The van der Waals surface area contributed by atoms with Gasteiger partial charge >= 0.3 is 17.9 Å². The first kappa shape index (κ1) is 44.2. The van der Waals surface area contributed by atoms with Crippen LogP contribution in [0.3, 0.4) is 0 Å². The van der Waals surface area contributed by atoms with Gasteiger partial charge in [-0.25, -0.2) is 0 Å². The fourth-order valence-corrected chi connectivity index (χ4v) is 4.81. The van der Waals surface area contributed by atoms with E-state index in [0.29, 0.717) is 38.5 Å². The summed E-state index contributed by atoms with van der Waals surface area (Å²) in [5.41, 5.74) is 0. The van der Waals surface area contributed by atoms with Crippen LogP contribution in [0, 0.1) is 0 Å². The molecule has 46 heavy (non-hydrogen) atoms. The van der Waals surface area contributed by atoms with Crippen LogP contribution < -0.4 is 0 Å². The third-order valence-electron chi connectivity index (χ3n) is 7.85. The van der Waals surface area contributed by atoms with Crippen LogP contribution in [0.4, 0.5) is 0 Å². The van der Waals surface area contributed by atoms with Gasteiger partial charge in [-0.1, -0.05) is 77.0 Å². The summed E-state index contributed by atoms with van der Waals surface area (Å²) in [5.74, 6) is -1.30. The number of rotatable bonds is 32. The van der Waals surface area contributed by atoms with E-state index in [1.807, 2.05) is 0 Å². The Balaban J connectivity index is 4.45. The number of aliphatic hydroxyl groups excluding tert-OH is 6. The molecule has 12 nitrogen and oxygen atoms in total. The average molecular weight is 665 g/mol. The molecule has 0 rings (SSSR count). The Morgan fingerprint density at radius 1 is 0.500 bits per heavy atom. The van der Waals surface area contributed by atoms with E-state index in [2.05, 4.69) is 0 Å². The van der Waals surface area contributed by atoms with Gasteiger partial charge in [-0.3, -0.25) is 14.4 Å². The summed E-state index contributed by atoms with van der Waals surface area (Å²) in [5, 5.41) is 55.4. The third kappa shape index (κ3) is 28.4. The SMILES string of the molecule is CC(O)C(O)CCCCCCCC(=O)OCC(COC(=O)CCCCCCCC(O)CO)OC(=O)CCCCCCCC(O)CO. The lowest BCUT2D eigenvalue weighted by atomic mass is 10.0. The molecule has 272 valence electrons. The van der Waals surface area contributed by atoms with Crippen molar-refractivity contribution in [3.63, 3.8) is 0 Å². The van der Waals surface area contributed by atoms with Crippen LogP contribution in [0.15, 0.2) is 0 Å². The van der Waals surface area contributed by atoms with Gasteiger partial charge in [0.15, 0.2) is 6.10 Å². The first-order valence-electron chi connectivity index (χ1n) is 17.5. The summed E-state index contributed by atoms with van der Waals surface area (Å²) < 4.78 is 16.2. The molecule has 0 spiro atoms. The maximum Gasteiger partial charge on any atom is 0.306 e. The molecule has 12 heteroatoms. The standard InChI is InChI=1S/C34H64O12/c1-27(37)31(40)19-13-7-4-9-15-21-33(42)45-26-30(46-34(43)22-16-10-3-6-12-18-29(39)24-36)25-44-32(41)20-14-8-2-5-11-17-28(38)23-35/h27-31,35-40H,2-26H2,1H3. The predicted molar refractivity (Wildman–Crippen MR) is 173 cm³/mol. The average Bonchev–Trinajstić information content (AvgIpc) is 3.03. The molecule has 5 atom stereocenters. The van der Waals surface area contributed by atoms with Gasteiger partial charge in [0.25, 0.3) is 0 Å². The second-order valence-electron chi connectivity index (χ2n) is 12.4. The monoisotopic (exact) mass is 664 g/mol. The summed E-state index contributed by atoms with van der Waals surface area (Å²) in [4.78, 5) is 37.1. The highest BCUT2D eigenvalue weighted by Crippen LogP contribution is 2.13. The van der Waals surface area contributed by atoms with Gasteiger partial charge in [-0.15, -0.1) is 0 Å². The van der Waals surface area contributed by atoms with Crippen LogP contribution in [0.5, 0.6) is 0 Å². The number of ether oxygens (including phenoxy) is 3. The number of carbonyl (C=O) groups excluding carboxylic acids is 3. The minimum Gasteiger partial charge on any atom is -0.462 e. The molecular weight excluding hydrogens is 600 g/mol. The second-order valence-corrected chi connectivity index (χ2v) is 12.4. The number of unbranched alkanes of at least 4 members (excludes halogenated alkanes) is 12. The Hall–Kier alpha value is -1.83. The summed E-state index contributed by atoms with van der Waals surface area (Å²) in [6, 6.07) is 0. The molecule has 0 aromatic heterocycles. The minimum atomic E-state index is -0.904. The molecule has 0 aliphatic carbocycles. The van der Waals surface area contributed by atoms with Crippen molar-refractivity contribution in [2.45, 2.75) is 172 Å². The molecule has 0 aromatic rings. The zero-order chi connectivity index (χ0) is 34.4. The third-order valence-corrected chi connectivity index (χ3v) is 7.85. The number of esters is 3. The number of carbonyl (C=O) groups is 3. The molecule has 0 amide bonds. The summed E-state index contributed by atoms with van der Waals surface area (Å²) in [7, 11) is 0. The first-order chi connectivity index (χ1) is 22.1. The van der Waals surface area contributed by atoms with Gasteiger partial charge in [-0.05, 0) is 45.4 Å². The maximum atomic E-state index is 12.5. The molecular formula is C34H64O12. The Morgan fingerprint density at radius 3 is 1.24 bits per heavy atom. The van der Waals surface area contributed by atoms with Gasteiger partial charge in [0.2, 0.25) is 0 Å². The summed E-state index contributed by atoms with van der Waals surface area (Å²) in [6.45, 7) is 0.673. The molecule has 0 aliphatic heterocycles. The van der Waals surface area contributed by atoms with Crippen molar-refractivity contribution in [1.82, 2.24) is 0 Å². The van der Waals surface area contributed by atoms with Crippen molar-refractivity contribution in [2.75, 3.05) is 26.4 Å². The number of aliphatic hydroxyl groups is 6. The zero-order valence-electron chi connectivity index (χ0n) is 28.2. The first-order valence-corrected chi connectivity index (χ1v) is 17.5. The lowest BCUT2D eigenvalue weighted by Crippen LogP contribution is -2.30. The molecule has 0 aromatic carbocycles. The van der Waals surface area contributed by atoms with Crippen LogP contribution in [-0.2, 0) is 28.6 Å². The molecule has 5 unspecified atom stereocenters. The highest BCUT2D eigenvalue weighted by Gasteiger charge is 2.19. The smallest absolute Gasteiger partial charge is 0.306 e. The molecule has 0 bridgehead atoms. The Kier molecular flexibility index (Phi) is 29.3. The fourth-order valence-electron chi connectivity index (χ4n) is 4.81. The molecule has 6 N–H and O–H groups in total. The lowest BCUT2D eigenvalue weighted by molar-refractivity contribution is -0.167. The number of hydrogen-bond donors (Lipinski definition) is 6. The largest absolute Gasteiger partial charge is 0.462 e. The zero-order valence-corrected chi connectivity index (χ0v) is 28.2. The van der Waals surface area contributed by atoms with Gasteiger partial charge in [-0.2, -0.15) is 0 Å². The van der Waals surface area contributed by atoms with Gasteiger partial charge < -0.3 is 44.8 Å². The van der Waals surface area contributed by atoms with Gasteiger partial charge in [0.05, 0.1) is 37.6 Å². The van der Waals surface area contributed by atoms with Crippen LogP contribution in [0.2, 0.25) is 0 Å². The van der Waals surface area contributed by atoms with Gasteiger partial charge in [0, 0.05) is 19.3 Å². The van der Waals surface area contributed by atoms with Crippen LogP contribution in [0.25, 0.3) is 0 Å². The minimum absolute atomic E-state index is 0.182. The molecule has 0 fully saturated rings. The Labute approximate surface area is 275 Å². The van der Waals surface area contributed by atoms with E-state index in [-0.39, 0.29) is 45.7 Å². The second kappa shape index (κ2) is 30.5. The van der Waals surface area contributed by atoms with Crippen molar-refractivity contribution >= 4 is 17.9 Å². The normalized spacial score (nSPS) is 14.7. The van der Waals surface area contributed by atoms with Crippen molar-refractivity contribution in [1.29, 1.82) is 0 Å². The van der Waals surface area contributed by atoms with E-state index < -0.39 is 48.4 Å². The van der Waals surface area contributed by atoms with Crippen molar-refractivity contribution in [3.8, 4) is 0 Å². The lowest BCUT2D eigenvalue weighted by Gasteiger charge is -2.18. The topological polar surface area (TPSA) is 200 Å². The predicted octanol–water partition coefficient (Wildman–Crippen LogP) is 3.62. The molecule has 0 saturated carbocycles. The van der Waals surface area contributed by atoms with E-state index in [0.717, 1.165) is 77.0 Å². The van der Waals surface area contributed by atoms with E-state index in [9.17, 15) is 34.8 Å². The summed E-state index contributed by atoms with van der Waals surface area (Å²) in [6.07, 6.45) is 10.6. The van der Waals surface area contributed by atoms with Gasteiger partial charge in [0.1, 0.15) is 13.2 Å². The molecule has 0 heterocycles. The van der Waals surface area contributed by atoms with E-state index in [1.54, 1.807) is 6.92 Å². The quantitative estimate of drug-likeness (QED) is 0.0347. The maximum absolute atomic E-state index is 12.5. The van der Waals surface area contributed by atoms with Crippen LogP contribution in [-0.4, -0.2) is 105 Å². The highest BCUT2D eigenvalue weighted by molar-refractivity contribution is 5.71. The highest BCUT2D eigenvalue weighted by atomic mass is 16.6.